The molecule has 0 N–H and O–H groups in total. The maximum absolute atomic E-state index is 5.61. The molecule has 1 rings (SSSR count). The Morgan fingerprint density at radius 3 is 2.69 bits per heavy atom. The summed E-state index contributed by atoms with van der Waals surface area (Å²) in [5, 5.41) is 0. The minimum absolute atomic E-state index is 0.327. The Kier molecular flexibility index (Phi) is 4.33. The number of rotatable bonds is 4. The first-order chi connectivity index (χ1) is 6.24. The molecule has 1 aromatic carbocycles. The SMILES string of the molecule is CC[C@H](C)OCc1ccccc1S. The van der Waals surface area contributed by atoms with E-state index < -0.39 is 0 Å². The maximum atomic E-state index is 5.61. The van der Waals surface area contributed by atoms with Gasteiger partial charge in [-0.15, -0.1) is 12.6 Å². The van der Waals surface area contributed by atoms with Crippen molar-refractivity contribution in [1.29, 1.82) is 0 Å². The van der Waals surface area contributed by atoms with Gasteiger partial charge in [0, 0.05) is 4.90 Å². The van der Waals surface area contributed by atoms with Gasteiger partial charge in [0.15, 0.2) is 0 Å². The minimum atomic E-state index is 0.327. The number of hydrogen-bond donors (Lipinski definition) is 1. The van der Waals surface area contributed by atoms with Gasteiger partial charge < -0.3 is 4.74 Å². The zero-order valence-corrected chi connectivity index (χ0v) is 9.05. The monoisotopic (exact) mass is 196 g/mol. The Morgan fingerprint density at radius 1 is 1.38 bits per heavy atom. The summed E-state index contributed by atoms with van der Waals surface area (Å²) in [4.78, 5) is 1.01. The van der Waals surface area contributed by atoms with Gasteiger partial charge in [0.1, 0.15) is 0 Å². The molecule has 0 aliphatic heterocycles. The van der Waals surface area contributed by atoms with Gasteiger partial charge in [-0.05, 0) is 25.0 Å². The Hall–Kier alpha value is -0.470. The highest BCUT2D eigenvalue weighted by Gasteiger charge is 2.01. The second kappa shape index (κ2) is 5.30. The topological polar surface area (TPSA) is 9.23 Å². The Morgan fingerprint density at radius 2 is 2.08 bits per heavy atom. The molecule has 1 nitrogen and oxygen atoms in total. The summed E-state index contributed by atoms with van der Waals surface area (Å²) >= 11 is 4.35. The van der Waals surface area contributed by atoms with Gasteiger partial charge in [-0.2, -0.15) is 0 Å². The van der Waals surface area contributed by atoms with Crippen LogP contribution in [-0.2, 0) is 11.3 Å². The molecule has 1 aromatic rings. The molecule has 0 bridgehead atoms. The lowest BCUT2D eigenvalue weighted by molar-refractivity contribution is 0.0497. The van der Waals surface area contributed by atoms with Gasteiger partial charge in [0.25, 0.3) is 0 Å². The predicted octanol–water partition coefficient (Wildman–Crippen LogP) is 3.29. The van der Waals surface area contributed by atoms with Crippen molar-refractivity contribution in [2.45, 2.75) is 37.9 Å². The van der Waals surface area contributed by atoms with E-state index in [1.165, 1.54) is 0 Å². The van der Waals surface area contributed by atoms with E-state index in [2.05, 4.69) is 26.5 Å². The summed E-state index contributed by atoms with van der Waals surface area (Å²) in [6.07, 6.45) is 1.38. The van der Waals surface area contributed by atoms with Gasteiger partial charge >= 0.3 is 0 Å². The molecule has 0 radical (unpaired) electrons. The lowest BCUT2D eigenvalue weighted by Gasteiger charge is -2.11. The first-order valence-corrected chi connectivity index (χ1v) is 5.07. The first-order valence-electron chi connectivity index (χ1n) is 4.62. The second-order valence-electron chi connectivity index (χ2n) is 3.16. The smallest absolute Gasteiger partial charge is 0.0731 e. The highest BCUT2D eigenvalue weighted by atomic mass is 32.1. The minimum Gasteiger partial charge on any atom is -0.374 e. The standard InChI is InChI=1S/C11H16OS/c1-3-9(2)12-8-10-6-4-5-7-11(10)13/h4-7,9,13H,3,8H2,1-2H3/t9-/m0/s1. The fourth-order valence-electron chi connectivity index (χ4n) is 0.983. The summed E-state index contributed by atoms with van der Waals surface area (Å²) in [6, 6.07) is 8.02. The van der Waals surface area contributed by atoms with Crippen molar-refractivity contribution in [3.63, 3.8) is 0 Å². The third-order valence-corrected chi connectivity index (χ3v) is 2.53. The number of benzene rings is 1. The highest BCUT2D eigenvalue weighted by Crippen LogP contribution is 2.14. The lowest BCUT2D eigenvalue weighted by atomic mass is 10.2. The van der Waals surface area contributed by atoms with Crippen molar-refractivity contribution in [1.82, 2.24) is 0 Å². The van der Waals surface area contributed by atoms with E-state index in [9.17, 15) is 0 Å². The highest BCUT2D eigenvalue weighted by molar-refractivity contribution is 7.80. The molecule has 72 valence electrons. The Bertz CT molecular complexity index is 260. The Labute approximate surface area is 85.5 Å². The fraction of sp³-hybridized carbons (Fsp3) is 0.455. The second-order valence-corrected chi connectivity index (χ2v) is 3.64. The first kappa shape index (κ1) is 10.6. The van der Waals surface area contributed by atoms with Crippen LogP contribution in [0.15, 0.2) is 29.2 Å². The van der Waals surface area contributed by atoms with Crippen LogP contribution in [0.25, 0.3) is 0 Å². The van der Waals surface area contributed by atoms with E-state index in [1.807, 2.05) is 24.3 Å². The van der Waals surface area contributed by atoms with Gasteiger partial charge in [-0.3, -0.25) is 0 Å². The molecule has 0 aromatic heterocycles. The van der Waals surface area contributed by atoms with E-state index in [-0.39, 0.29) is 0 Å². The molecular formula is C11H16OS. The number of ether oxygens (including phenoxy) is 1. The van der Waals surface area contributed by atoms with Crippen LogP contribution < -0.4 is 0 Å². The zero-order valence-electron chi connectivity index (χ0n) is 8.16. The van der Waals surface area contributed by atoms with Gasteiger partial charge in [0.05, 0.1) is 12.7 Å². The quantitative estimate of drug-likeness (QED) is 0.727. The largest absolute Gasteiger partial charge is 0.374 e. The lowest BCUT2D eigenvalue weighted by Crippen LogP contribution is -2.06. The van der Waals surface area contributed by atoms with E-state index >= 15 is 0 Å². The third-order valence-electron chi connectivity index (χ3n) is 2.09. The van der Waals surface area contributed by atoms with Crippen LogP contribution in [-0.4, -0.2) is 6.10 Å². The summed E-state index contributed by atoms with van der Waals surface area (Å²) in [5.41, 5.74) is 1.16. The zero-order chi connectivity index (χ0) is 9.68. The molecule has 13 heavy (non-hydrogen) atoms. The summed E-state index contributed by atoms with van der Waals surface area (Å²) in [7, 11) is 0. The van der Waals surface area contributed by atoms with E-state index in [4.69, 9.17) is 4.74 Å². The molecule has 0 aliphatic rings. The number of hydrogen-bond acceptors (Lipinski definition) is 2. The Balaban J connectivity index is 2.50. The van der Waals surface area contributed by atoms with Crippen molar-refractivity contribution in [3.8, 4) is 0 Å². The molecule has 0 saturated carbocycles. The van der Waals surface area contributed by atoms with Crippen molar-refractivity contribution in [2.75, 3.05) is 0 Å². The fourth-order valence-corrected chi connectivity index (χ4v) is 1.21. The third kappa shape index (κ3) is 3.41. The molecule has 0 aliphatic carbocycles. The summed E-state index contributed by atoms with van der Waals surface area (Å²) < 4.78 is 5.61. The molecule has 0 fully saturated rings. The maximum Gasteiger partial charge on any atom is 0.0731 e. The van der Waals surface area contributed by atoms with Gasteiger partial charge in [0.2, 0.25) is 0 Å². The van der Waals surface area contributed by atoms with E-state index in [0.29, 0.717) is 12.7 Å². The molecule has 0 amide bonds. The van der Waals surface area contributed by atoms with Crippen LogP contribution in [0.1, 0.15) is 25.8 Å². The van der Waals surface area contributed by atoms with Crippen LogP contribution in [0.5, 0.6) is 0 Å². The molecule has 0 spiro atoms. The van der Waals surface area contributed by atoms with Crippen molar-refractivity contribution >= 4 is 12.6 Å². The average Bonchev–Trinajstić information content (AvgIpc) is 2.16. The van der Waals surface area contributed by atoms with Crippen LogP contribution in [0.2, 0.25) is 0 Å². The normalized spacial score (nSPS) is 12.8. The molecular weight excluding hydrogens is 180 g/mol. The predicted molar refractivity (Wildman–Crippen MR) is 58.2 cm³/mol. The number of thiol groups is 1. The summed E-state index contributed by atoms with van der Waals surface area (Å²) in [5.74, 6) is 0. The van der Waals surface area contributed by atoms with Crippen molar-refractivity contribution in [3.05, 3.63) is 29.8 Å². The molecule has 0 unspecified atom stereocenters. The van der Waals surface area contributed by atoms with E-state index in [1.54, 1.807) is 0 Å². The molecule has 1 atom stereocenters. The average molecular weight is 196 g/mol. The van der Waals surface area contributed by atoms with Crippen molar-refractivity contribution in [2.24, 2.45) is 0 Å². The van der Waals surface area contributed by atoms with Gasteiger partial charge in [-0.1, -0.05) is 25.1 Å². The molecule has 0 saturated heterocycles. The van der Waals surface area contributed by atoms with E-state index in [0.717, 1.165) is 16.9 Å². The van der Waals surface area contributed by atoms with Crippen LogP contribution in [0.4, 0.5) is 0 Å². The van der Waals surface area contributed by atoms with Gasteiger partial charge in [-0.25, -0.2) is 0 Å². The van der Waals surface area contributed by atoms with Crippen LogP contribution in [0.3, 0.4) is 0 Å². The summed E-state index contributed by atoms with van der Waals surface area (Å²) in [6.45, 7) is 4.87. The van der Waals surface area contributed by atoms with Crippen LogP contribution in [0, 0.1) is 0 Å². The molecule has 2 heteroatoms. The molecule has 0 heterocycles. The van der Waals surface area contributed by atoms with Crippen LogP contribution >= 0.6 is 12.6 Å². The van der Waals surface area contributed by atoms with Crippen molar-refractivity contribution < 1.29 is 4.74 Å².